The van der Waals surface area contributed by atoms with Gasteiger partial charge in [-0.3, -0.25) is 0 Å². The molecule has 1 aromatic rings. The average molecular weight is 427 g/mol. The third-order valence-electron chi connectivity index (χ3n) is 4.47. The fourth-order valence-electron chi connectivity index (χ4n) is 3.21. The molecular formula is C20H31BrN2O3. The van der Waals surface area contributed by atoms with Gasteiger partial charge in [0.25, 0.3) is 0 Å². The van der Waals surface area contributed by atoms with Crippen LogP contribution in [0.2, 0.25) is 0 Å². The normalized spacial score (nSPS) is 18.2. The molecule has 0 bridgehead atoms. The van der Waals surface area contributed by atoms with E-state index >= 15 is 0 Å². The number of aryl methyl sites for hydroxylation is 1. The number of fused-ring (bicyclic) bond motifs is 1. The number of benzene rings is 1. The highest BCUT2D eigenvalue weighted by atomic mass is 79.9. The molecule has 0 aromatic heterocycles. The second-order valence-corrected chi connectivity index (χ2v) is 8.74. The van der Waals surface area contributed by atoms with Crippen LogP contribution < -0.4 is 10.6 Å². The first-order valence-electron chi connectivity index (χ1n) is 9.39. The summed E-state index contributed by atoms with van der Waals surface area (Å²) in [5.74, 6) is 0. The number of amides is 1. The lowest BCUT2D eigenvalue weighted by atomic mass is 9.86. The Kier molecular flexibility index (Phi) is 7.50. The standard InChI is InChI=1S/C20H31BrN2O3/c1-5-13-9-16-15(17(21)10-13)7-6-8-18(16)22-11-14(24)12-23-19(25)26-20(2,3)4/h9-10,14,18,22,24H,5-8,11-12H2,1-4H3,(H,23,25)/t14-,18+/m1/s1. The summed E-state index contributed by atoms with van der Waals surface area (Å²) < 4.78 is 6.37. The van der Waals surface area contributed by atoms with Crippen molar-refractivity contribution in [3.05, 3.63) is 33.3 Å². The van der Waals surface area contributed by atoms with Gasteiger partial charge in [0.15, 0.2) is 0 Å². The predicted octanol–water partition coefficient (Wildman–Crippen LogP) is 3.86. The van der Waals surface area contributed by atoms with Crippen molar-refractivity contribution >= 4 is 22.0 Å². The molecule has 0 fully saturated rings. The van der Waals surface area contributed by atoms with Crippen molar-refractivity contribution in [2.45, 2.75) is 71.1 Å². The summed E-state index contributed by atoms with van der Waals surface area (Å²) in [6.07, 6.45) is 3.10. The minimum Gasteiger partial charge on any atom is -0.444 e. The largest absolute Gasteiger partial charge is 0.444 e. The summed E-state index contributed by atoms with van der Waals surface area (Å²) >= 11 is 3.71. The van der Waals surface area contributed by atoms with Crippen molar-refractivity contribution in [3.63, 3.8) is 0 Å². The highest BCUT2D eigenvalue weighted by Gasteiger charge is 2.23. The Hall–Kier alpha value is -1.11. The number of halogens is 1. The molecule has 0 radical (unpaired) electrons. The van der Waals surface area contributed by atoms with E-state index in [2.05, 4.69) is 45.6 Å². The fraction of sp³-hybridized carbons (Fsp3) is 0.650. The van der Waals surface area contributed by atoms with E-state index < -0.39 is 17.8 Å². The number of nitrogens with one attached hydrogen (secondary N) is 2. The third kappa shape index (κ3) is 6.25. The van der Waals surface area contributed by atoms with Gasteiger partial charge >= 0.3 is 6.09 Å². The summed E-state index contributed by atoms with van der Waals surface area (Å²) in [6.45, 7) is 8.19. The zero-order valence-corrected chi connectivity index (χ0v) is 17.8. The van der Waals surface area contributed by atoms with Gasteiger partial charge in [-0.2, -0.15) is 0 Å². The molecule has 1 aromatic carbocycles. The second-order valence-electron chi connectivity index (χ2n) is 7.89. The van der Waals surface area contributed by atoms with Gasteiger partial charge in [-0.1, -0.05) is 28.9 Å². The first-order valence-corrected chi connectivity index (χ1v) is 10.2. The van der Waals surface area contributed by atoms with Gasteiger partial charge in [0.05, 0.1) is 6.10 Å². The van der Waals surface area contributed by atoms with Gasteiger partial charge in [-0.05, 0) is 69.2 Å². The predicted molar refractivity (Wildman–Crippen MR) is 107 cm³/mol. The summed E-state index contributed by atoms with van der Waals surface area (Å²) in [5.41, 5.74) is 3.47. The van der Waals surface area contributed by atoms with Crippen LogP contribution in [0.15, 0.2) is 16.6 Å². The lowest BCUT2D eigenvalue weighted by molar-refractivity contribution is 0.0491. The molecule has 5 nitrogen and oxygen atoms in total. The lowest BCUT2D eigenvalue weighted by Crippen LogP contribution is -2.41. The average Bonchev–Trinajstić information content (AvgIpc) is 2.56. The van der Waals surface area contributed by atoms with Crippen molar-refractivity contribution in [1.82, 2.24) is 10.6 Å². The molecule has 1 aliphatic rings. The van der Waals surface area contributed by atoms with E-state index in [9.17, 15) is 9.90 Å². The van der Waals surface area contributed by atoms with Crippen LogP contribution in [0.5, 0.6) is 0 Å². The van der Waals surface area contributed by atoms with E-state index in [1.807, 2.05) is 20.8 Å². The summed E-state index contributed by atoms with van der Waals surface area (Å²) in [6, 6.07) is 4.72. The van der Waals surface area contributed by atoms with Gasteiger partial charge in [0.1, 0.15) is 5.60 Å². The number of aliphatic hydroxyl groups excluding tert-OH is 1. The zero-order valence-electron chi connectivity index (χ0n) is 16.2. The molecule has 0 saturated carbocycles. The quantitative estimate of drug-likeness (QED) is 0.645. The molecule has 2 atom stereocenters. The van der Waals surface area contributed by atoms with Crippen LogP contribution in [0.4, 0.5) is 4.79 Å². The number of aliphatic hydroxyl groups is 1. The van der Waals surface area contributed by atoms with Crippen LogP contribution in [-0.2, 0) is 17.6 Å². The summed E-state index contributed by atoms with van der Waals surface area (Å²) in [7, 11) is 0. The molecule has 6 heteroatoms. The Labute approximate surface area is 165 Å². The smallest absolute Gasteiger partial charge is 0.407 e. The van der Waals surface area contributed by atoms with E-state index in [1.54, 1.807) is 0 Å². The number of rotatable bonds is 6. The molecule has 146 valence electrons. The minimum absolute atomic E-state index is 0.167. The van der Waals surface area contributed by atoms with Gasteiger partial charge in [0.2, 0.25) is 0 Å². The van der Waals surface area contributed by atoms with Gasteiger partial charge in [0, 0.05) is 23.6 Å². The van der Waals surface area contributed by atoms with E-state index in [1.165, 1.54) is 21.2 Å². The first-order chi connectivity index (χ1) is 12.2. The SMILES string of the molecule is CCc1cc(Br)c2c(c1)[C@@H](NC[C@@H](O)CNC(=O)OC(C)(C)C)CCC2. The number of hydrogen-bond acceptors (Lipinski definition) is 4. The summed E-state index contributed by atoms with van der Waals surface area (Å²) in [5, 5.41) is 16.3. The Morgan fingerprint density at radius 3 is 2.77 bits per heavy atom. The Bertz CT molecular complexity index is 628. The first kappa shape index (κ1) is 21.2. The number of carbonyl (C=O) groups is 1. The Balaban J connectivity index is 1.89. The molecule has 3 N–H and O–H groups in total. The van der Waals surface area contributed by atoms with Crippen LogP contribution in [0, 0.1) is 0 Å². The third-order valence-corrected chi connectivity index (χ3v) is 5.18. The molecule has 0 saturated heterocycles. The van der Waals surface area contributed by atoms with Crippen LogP contribution >= 0.6 is 15.9 Å². The van der Waals surface area contributed by atoms with Crippen molar-refractivity contribution in [3.8, 4) is 0 Å². The zero-order chi connectivity index (χ0) is 19.3. The van der Waals surface area contributed by atoms with Gasteiger partial charge in [-0.15, -0.1) is 0 Å². The Morgan fingerprint density at radius 2 is 2.12 bits per heavy atom. The molecule has 0 unspecified atom stereocenters. The maximum absolute atomic E-state index is 11.7. The maximum atomic E-state index is 11.7. The number of hydrogen-bond donors (Lipinski definition) is 3. The van der Waals surface area contributed by atoms with Gasteiger partial charge < -0.3 is 20.5 Å². The topological polar surface area (TPSA) is 70.6 Å². The molecule has 0 heterocycles. The lowest BCUT2D eigenvalue weighted by Gasteiger charge is -2.29. The molecular weight excluding hydrogens is 396 g/mol. The molecule has 0 spiro atoms. The minimum atomic E-state index is -0.661. The van der Waals surface area contributed by atoms with Crippen LogP contribution in [0.1, 0.15) is 63.3 Å². The van der Waals surface area contributed by atoms with E-state index in [-0.39, 0.29) is 12.6 Å². The summed E-state index contributed by atoms with van der Waals surface area (Å²) in [4.78, 5) is 11.7. The molecule has 2 rings (SSSR count). The highest BCUT2D eigenvalue weighted by molar-refractivity contribution is 9.10. The fourth-order valence-corrected chi connectivity index (χ4v) is 3.93. The van der Waals surface area contributed by atoms with E-state index in [0.29, 0.717) is 6.54 Å². The van der Waals surface area contributed by atoms with E-state index in [4.69, 9.17) is 4.74 Å². The Morgan fingerprint density at radius 1 is 1.38 bits per heavy atom. The maximum Gasteiger partial charge on any atom is 0.407 e. The van der Waals surface area contributed by atoms with Crippen molar-refractivity contribution in [2.24, 2.45) is 0 Å². The second kappa shape index (κ2) is 9.20. The van der Waals surface area contributed by atoms with Crippen molar-refractivity contribution in [2.75, 3.05) is 13.1 Å². The molecule has 26 heavy (non-hydrogen) atoms. The molecule has 1 aliphatic carbocycles. The monoisotopic (exact) mass is 426 g/mol. The van der Waals surface area contributed by atoms with Crippen LogP contribution in [0.25, 0.3) is 0 Å². The number of ether oxygens (including phenoxy) is 1. The van der Waals surface area contributed by atoms with E-state index in [0.717, 1.165) is 25.7 Å². The van der Waals surface area contributed by atoms with Crippen molar-refractivity contribution in [1.29, 1.82) is 0 Å². The molecule has 1 amide bonds. The van der Waals surface area contributed by atoms with Crippen molar-refractivity contribution < 1.29 is 14.6 Å². The van der Waals surface area contributed by atoms with Crippen LogP contribution in [0.3, 0.4) is 0 Å². The number of carbonyl (C=O) groups excluding carboxylic acids is 1. The van der Waals surface area contributed by atoms with Gasteiger partial charge in [-0.25, -0.2) is 4.79 Å². The highest BCUT2D eigenvalue weighted by Crippen LogP contribution is 2.35. The number of alkyl carbamates (subject to hydrolysis) is 1. The molecule has 0 aliphatic heterocycles. The van der Waals surface area contributed by atoms with Crippen LogP contribution in [-0.4, -0.2) is 36.0 Å².